The molecule has 0 spiro atoms. The molecule has 1 aliphatic carbocycles. The number of fused-ring (bicyclic) bond motifs is 2. The van der Waals surface area contributed by atoms with Crippen molar-refractivity contribution in [3.8, 4) is 0 Å². The maximum atomic E-state index is 4.80. The molecule has 0 aromatic heterocycles. The Morgan fingerprint density at radius 1 is 0.714 bits per heavy atom. The third-order valence-electron chi connectivity index (χ3n) is 5.56. The first-order chi connectivity index (χ1) is 13.8. The maximum absolute atomic E-state index is 4.80. The van der Waals surface area contributed by atoms with Crippen molar-refractivity contribution in [2.45, 2.75) is 12.8 Å². The summed E-state index contributed by atoms with van der Waals surface area (Å²) >= 11 is 0. The van der Waals surface area contributed by atoms with Crippen LogP contribution >= 0.6 is 0 Å². The minimum Gasteiger partial charge on any atom is -0.256 e. The fourth-order valence-corrected chi connectivity index (χ4v) is 4.25. The van der Waals surface area contributed by atoms with Gasteiger partial charge in [-0.05, 0) is 46.5 Å². The SMILES string of the molecule is CC1=Cc2ccccc2C1c1ccc2ccccc2c1/C=N/c1ccccc1. The first-order valence-electron chi connectivity index (χ1n) is 9.69. The molecule has 0 aliphatic heterocycles. The van der Waals surface area contributed by atoms with Crippen molar-refractivity contribution >= 4 is 28.8 Å². The molecule has 0 saturated heterocycles. The van der Waals surface area contributed by atoms with Gasteiger partial charge in [0.25, 0.3) is 0 Å². The van der Waals surface area contributed by atoms with Crippen LogP contribution in [0.2, 0.25) is 0 Å². The average Bonchev–Trinajstić information content (AvgIpc) is 3.08. The molecule has 28 heavy (non-hydrogen) atoms. The lowest BCUT2D eigenvalue weighted by Crippen LogP contribution is -2.04. The fourth-order valence-electron chi connectivity index (χ4n) is 4.25. The Morgan fingerprint density at radius 3 is 2.36 bits per heavy atom. The van der Waals surface area contributed by atoms with E-state index in [-0.39, 0.29) is 5.92 Å². The van der Waals surface area contributed by atoms with Crippen LogP contribution in [-0.2, 0) is 0 Å². The van der Waals surface area contributed by atoms with Gasteiger partial charge in [-0.1, -0.05) is 90.5 Å². The van der Waals surface area contributed by atoms with Gasteiger partial charge in [-0.3, -0.25) is 4.99 Å². The molecule has 1 nitrogen and oxygen atoms in total. The highest BCUT2D eigenvalue weighted by Gasteiger charge is 2.26. The number of hydrogen-bond donors (Lipinski definition) is 0. The highest BCUT2D eigenvalue weighted by atomic mass is 14.7. The third-order valence-corrected chi connectivity index (χ3v) is 5.56. The average molecular weight is 359 g/mol. The topological polar surface area (TPSA) is 12.4 Å². The molecule has 0 radical (unpaired) electrons. The van der Waals surface area contributed by atoms with Crippen LogP contribution in [0.4, 0.5) is 5.69 Å². The van der Waals surface area contributed by atoms with Gasteiger partial charge in [-0.15, -0.1) is 0 Å². The molecule has 0 bridgehead atoms. The van der Waals surface area contributed by atoms with Gasteiger partial charge in [0.2, 0.25) is 0 Å². The molecule has 1 heteroatoms. The summed E-state index contributed by atoms with van der Waals surface area (Å²) in [5, 5.41) is 2.49. The van der Waals surface area contributed by atoms with Crippen LogP contribution < -0.4 is 0 Å². The zero-order valence-corrected chi connectivity index (χ0v) is 15.8. The Hall–Kier alpha value is -3.45. The van der Waals surface area contributed by atoms with Crippen LogP contribution in [0, 0.1) is 0 Å². The lowest BCUT2D eigenvalue weighted by Gasteiger charge is -2.19. The van der Waals surface area contributed by atoms with Gasteiger partial charge in [0.05, 0.1) is 5.69 Å². The number of para-hydroxylation sites is 1. The molecular weight excluding hydrogens is 338 g/mol. The number of benzene rings is 4. The van der Waals surface area contributed by atoms with E-state index in [0.29, 0.717) is 0 Å². The Morgan fingerprint density at radius 2 is 1.46 bits per heavy atom. The van der Waals surface area contributed by atoms with Gasteiger partial charge in [0, 0.05) is 17.7 Å². The molecule has 0 amide bonds. The zero-order chi connectivity index (χ0) is 18.9. The lowest BCUT2D eigenvalue weighted by molar-refractivity contribution is 0.977. The van der Waals surface area contributed by atoms with Crippen molar-refractivity contribution < 1.29 is 0 Å². The maximum Gasteiger partial charge on any atom is 0.0629 e. The molecule has 4 aromatic rings. The van der Waals surface area contributed by atoms with E-state index in [0.717, 1.165) is 5.69 Å². The van der Waals surface area contributed by atoms with E-state index in [4.69, 9.17) is 4.99 Å². The molecule has 1 atom stereocenters. The third kappa shape index (κ3) is 2.86. The van der Waals surface area contributed by atoms with E-state index in [1.54, 1.807) is 0 Å². The normalized spacial score (nSPS) is 15.8. The molecule has 0 fully saturated rings. The van der Waals surface area contributed by atoms with E-state index in [2.05, 4.69) is 73.7 Å². The van der Waals surface area contributed by atoms with Crippen LogP contribution in [0.3, 0.4) is 0 Å². The van der Waals surface area contributed by atoms with Crippen molar-refractivity contribution in [3.63, 3.8) is 0 Å². The summed E-state index contributed by atoms with van der Waals surface area (Å²) in [6, 6.07) is 31.9. The Bertz CT molecular complexity index is 1220. The smallest absolute Gasteiger partial charge is 0.0629 e. The van der Waals surface area contributed by atoms with E-state index < -0.39 is 0 Å². The molecule has 4 aromatic carbocycles. The molecule has 0 saturated carbocycles. The Balaban J connectivity index is 1.72. The van der Waals surface area contributed by atoms with Crippen molar-refractivity contribution in [2.75, 3.05) is 0 Å². The van der Waals surface area contributed by atoms with Gasteiger partial charge < -0.3 is 0 Å². The second kappa shape index (κ2) is 6.94. The van der Waals surface area contributed by atoms with Gasteiger partial charge in [-0.25, -0.2) is 0 Å². The number of allylic oxidation sites excluding steroid dienone is 1. The van der Waals surface area contributed by atoms with Crippen LogP contribution in [0.15, 0.2) is 102 Å². The summed E-state index contributed by atoms with van der Waals surface area (Å²) in [5.74, 6) is 0.276. The van der Waals surface area contributed by atoms with Gasteiger partial charge in [0.15, 0.2) is 0 Å². The van der Waals surface area contributed by atoms with Crippen molar-refractivity contribution in [1.29, 1.82) is 0 Å². The minimum atomic E-state index is 0.276. The van der Waals surface area contributed by atoms with E-state index in [1.165, 1.54) is 38.6 Å². The van der Waals surface area contributed by atoms with Gasteiger partial charge >= 0.3 is 0 Å². The fraction of sp³-hybridized carbons (Fsp3) is 0.0741. The van der Waals surface area contributed by atoms with Crippen LogP contribution in [-0.4, -0.2) is 6.21 Å². The minimum absolute atomic E-state index is 0.276. The monoisotopic (exact) mass is 359 g/mol. The Kier molecular flexibility index (Phi) is 4.14. The molecule has 5 rings (SSSR count). The molecule has 0 N–H and O–H groups in total. The van der Waals surface area contributed by atoms with Crippen LogP contribution in [0.1, 0.15) is 35.1 Å². The summed E-state index contributed by atoms with van der Waals surface area (Å²) < 4.78 is 0. The number of hydrogen-bond acceptors (Lipinski definition) is 1. The summed E-state index contributed by atoms with van der Waals surface area (Å²) in [4.78, 5) is 4.80. The van der Waals surface area contributed by atoms with Crippen molar-refractivity contribution in [2.24, 2.45) is 4.99 Å². The first kappa shape index (κ1) is 16.7. The van der Waals surface area contributed by atoms with Crippen molar-refractivity contribution in [1.82, 2.24) is 0 Å². The summed E-state index contributed by atoms with van der Waals surface area (Å²) in [7, 11) is 0. The first-order valence-corrected chi connectivity index (χ1v) is 9.69. The van der Waals surface area contributed by atoms with Crippen LogP contribution in [0.5, 0.6) is 0 Å². The number of rotatable bonds is 3. The Labute approximate surface area is 165 Å². The predicted octanol–water partition coefficient (Wildman–Crippen LogP) is 7.14. The second-order valence-electron chi connectivity index (χ2n) is 7.33. The highest BCUT2D eigenvalue weighted by molar-refractivity contribution is 6.02. The lowest BCUT2D eigenvalue weighted by atomic mass is 9.84. The number of aliphatic imine (C=N–C) groups is 1. The molecule has 134 valence electrons. The quantitative estimate of drug-likeness (QED) is 0.345. The van der Waals surface area contributed by atoms with E-state index in [9.17, 15) is 0 Å². The van der Waals surface area contributed by atoms with Gasteiger partial charge in [0.1, 0.15) is 0 Å². The van der Waals surface area contributed by atoms with E-state index >= 15 is 0 Å². The molecule has 0 heterocycles. The summed E-state index contributed by atoms with van der Waals surface area (Å²) in [6.45, 7) is 2.23. The zero-order valence-electron chi connectivity index (χ0n) is 15.8. The molecule has 1 unspecified atom stereocenters. The summed E-state index contributed by atoms with van der Waals surface area (Å²) in [6.07, 6.45) is 4.36. The van der Waals surface area contributed by atoms with Gasteiger partial charge in [-0.2, -0.15) is 0 Å². The number of nitrogens with zero attached hydrogens (tertiary/aromatic N) is 1. The predicted molar refractivity (Wildman–Crippen MR) is 120 cm³/mol. The van der Waals surface area contributed by atoms with E-state index in [1.807, 2.05) is 36.5 Å². The molecule has 1 aliphatic rings. The molecular formula is C27H21N. The highest BCUT2D eigenvalue weighted by Crippen LogP contribution is 2.42. The summed E-state index contributed by atoms with van der Waals surface area (Å²) in [5.41, 5.74) is 7.58. The van der Waals surface area contributed by atoms with Crippen LogP contribution in [0.25, 0.3) is 16.8 Å². The standard InChI is InChI=1S/C27H21N/c1-19-17-21-10-6-8-14-24(21)27(19)25-16-15-20-9-5-7-13-23(20)26(25)18-28-22-11-3-2-4-12-22/h2-18,27H,1H3/b28-18+. The van der Waals surface area contributed by atoms with Crippen molar-refractivity contribution in [3.05, 3.63) is 119 Å². The largest absolute Gasteiger partial charge is 0.256 e. The second-order valence-corrected chi connectivity index (χ2v) is 7.33.